The second kappa shape index (κ2) is 5.47. The van der Waals surface area contributed by atoms with Crippen molar-refractivity contribution >= 4 is 17.5 Å². The fraction of sp³-hybridized carbons (Fsp3) is 0.222. The number of hydrogen-bond acceptors (Lipinski definition) is 3. The smallest absolute Gasteiger partial charge is 0.271 e. The second-order valence-electron chi connectivity index (χ2n) is 2.54. The minimum absolute atomic E-state index is 0.0253. The molecular formula is C9H11ClN2O2. The van der Waals surface area contributed by atoms with Gasteiger partial charge in [-0.05, 0) is 24.3 Å². The third kappa shape index (κ3) is 3.64. The predicted molar refractivity (Wildman–Crippen MR) is 54.1 cm³/mol. The molecule has 2 N–H and O–H groups in total. The number of ether oxygens (including phenoxy) is 1. The Morgan fingerprint density at radius 2 is 2.07 bits per heavy atom. The first-order chi connectivity index (χ1) is 6.72. The van der Waals surface area contributed by atoms with Crippen molar-refractivity contribution < 1.29 is 9.53 Å². The molecule has 0 heterocycles. The Bertz CT molecular complexity index is 300. The van der Waals surface area contributed by atoms with Gasteiger partial charge >= 0.3 is 0 Å². The van der Waals surface area contributed by atoms with Crippen LogP contribution in [0.4, 0.5) is 0 Å². The lowest BCUT2D eigenvalue weighted by molar-refractivity contribution is -0.123. The van der Waals surface area contributed by atoms with Gasteiger partial charge in [-0.15, -0.1) is 0 Å². The minimum atomic E-state index is -0.234. The zero-order valence-electron chi connectivity index (χ0n) is 7.71. The molecule has 76 valence electrons. The van der Waals surface area contributed by atoms with Crippen LogP contribution in [0.2, 0.25) is 5.02 Å². The summed E-state index contributed by atoms with van der Waals surface area (Å²) >= 11 is 5.68. The summed E-state index contributed by atoms with van der Waals surface area (Å²) in [6, 6.07) is 6.81. The second-order valence-corrected chi connectivity index (χ2v) is 2.98. The number of halogens is 1. The molecular weight excluding hydrogens is 204 g/mol. The number of hydrogen-bond donors (Lipinski definition) is 2. The van der Waals surface area contributed by atoms with E-state index in [1.807, 2.05) is 0 Å². The van der Waals surface area contributed by atoms with Crippen LogP contribution in [0, 0.1) is 0 Å². The fourth-order valence-electron chi connectivity index (χ4n) is 0.855. The molecule has 0 saturated carbocycles. The summed E-state index contributed by atoms with van der Waals surface area (Å²) in [5, 5.41) is 0.636. The van der Waals surface area contributed by atoms with E-state index in [0.29, 0.717) is 10.8 Å². The Hall–Kier alpha value is -1.26. The van der Waals surface area contributed by atoms with Crippen LogP contribution in [0.15, 0.2) is 24.3 Å². The van der Waals surface area contributed by atoms with E-state index < -0.39 is 0 Å². The summed E-state index contributed by atoms with van der Waals surface area (Å²) in [5.41, 5.74) is 4.90. The standard InChI is InChI=1S/C9H11ClN2O2/c1-11-12-9(13)6-14-8-4-2-7(10)3-5-8/h2-5,11H,6H2,1H3,(H,12,13). The fourth-order valence-corrected chi connectivity index (χ4v) is 0.981. The first-order valence-corrected chi connectivity index (χ1v) is 4.44. The van der Waals surface area contributed by atoms with E-state index >= 15 is 0 Å². The normalized spacial score (nSPS) is 9.57. The molecule has 1 aromatic rings. The van der Waals surface area contributed by atoms with Gasteiger partial charge in [-0.2, -0.15) is 0 Å². The van der Waals surface area contributed by atoms with Crippen LogP contribution in [0.25, 0.3) is 0 Å². The Kier molecular flexibility index (Phi) is 4.22. The first kappa shape index (κ1) is 10.8. The highest BCUT2D eigenvalue weighted by Crippen LogP contribution is 2.15. The highest BCUT2D eigenvalue weighted by Gasteiger charge is 2.00. The average Bonchev–Trinajstić information content (AvgIpc) is 2.17. The van der Waals surface area contributed by atoms with Gasteiger partial charge in [0.1, 0.15) is 5.75 Å². The Morgan fingerprint density at radius 3 is 2.64 bits per heavy atom. The van der Waals surface area contributed by atoms with E-state index in [4.69, 9.17) is 16.3 Å². The molecule has 1 amide bonds. The first-order valence-electron chi connectivity index (χ1n) is 4.06. The SMILES string of the molecule is CNNC(=O)COc1ccc(Cl)cc1. The number of carbonyl (C=O) groups excluding carboxylic acids is 1. The third-order valence-corrected chi connectivity index (χ3v) is 1.70. The summed E-state index contributed by atoms with van der Waals surface area (Å²) in [6.45, 7) is -0.0253. The van der Waals surface area contributed by atoms with Gasteiger partial charge in [0.25, 0.3) is 5.91 Å². The third-order valence-electron chi connectivity index (χ3n) is 1.45. The molecule has 0 aliphatic heterocycles. The largest absolute Gasteiger partial charge is 0.484 e. The monoisotopic (exact) mass is 214 g/mol. The number of nitrogens with one attached hydrogen (secondary N) is 2. The van der Waals surface area contributed by atoms with Crippen LogP contribution in [-0.4, -0.2) is 19.6 Å². The topological polar surface area (TPSA) is 50.4 Å². The van der Waals surface area contributed by atoms with Crippen molar-refractivity contribution in [3.05, 3.63) is 29.3 Å². The zero-order chi connectivity index (χ0) is 10.4. The molecule has 1 aromatic carbocycles. The van der Waals surface area contributed by atoms with Gasteiger partial charge in [0.05, 0.1) is 0 Å². The lowest BCUT2D eigenvalue weighted by Gasteiger charge is -2.05. The lowest BCUT2D eigenvalue weighted by Crippen LogP contribution is -2.37. The molecule has 0 saturated heterocycles. The molecule has 5 heteroatoms. The van der Waals surface area contributed by atoms with Crippen LogP contribution in [-0.2, 0) is 4.79 Å². The minimum Gasteiger partial charge on any atom is -0.484 e. The Morgan fingerprint density at radius 1 is 1.43 bits per heavy atom. The molecule has 0 aliphatic carbocycles. The van der Waals surface area contributed by atoms with Crippen LogP contribution in [0.3, 0.4) is 0 Å². The van der Waals surface area contributed by atoms with Gasteiger partial charge in [-0.3, -0.25) is 10.2 Å². The van der Waals surface area contributed by atoms with E-state index in [9.17, 15) is 4.79 Å². The molecule has 0 bridgehead atoms. The van der Waals surface area contributed by atoms with Crippen molar-refractivity contribution in [3.8, 4) is 5.75 Å². The molecule has 0 radical (unpaired) electrons. The molecule has 0 spiro atoms. The Balaban J connectivity index is 2.38. The maximum atomic E-state index is 11.0. The highest BCUT2D eigenvalue weighted by molar-refractivity contribution is 6.30. The number of amides is 1. The van der Waals surface area contributed by atoms with Crippen molar-refractivity contribution in [2.45, 2.75) is 0 Å². The van der Waals surface area contributed by atoms with Crippen molar-refractivity contribution in [2.75, 3.05) is 13.7 Å². The summed E-state index contributed by atoms with van der Waals surface area (Å²) < 4.78 is 5.16. The maximum absolute atomic E-state index is 11.0. The van der Waals surface area contributed by atoms with E-state index in [1.54, 1.807) is 31.3 Å². The summed E-state index contributed by atoms with van der Waals surface area (Å²) in [6.07, 6.45) is 0. The van der Waals surface area contributed by atoms with E-state index in [0.717, 1.165) is 0 Å². The predicted octanol–water partition coefficient (Wildman–Crippen LogP) is 0.969. The zero-order valence-corrected chi connectivity index (χ0v) is 8.47. The van der Waals surface area contributed by atoms with E-state index in [1.165, 1.54) is 0 Å². The van der Waals surface area contributed by atoms with Gasteiger partial charge in [0.2, 0.25) is 0 Å². The summed E-state index contributed by atoms with van der Waals surface area (Å²) in [5.74, 6) is 0.378. The van der Waals surface area contributed by atoms with Gasteiger partial charge in [-0.25, -0.2) is 5.43 Å². The molecule has 1 rings (SSSR count). The van der Waals surface area contributed by atoms with Gasteiger partial charge in [-0.1, -0.05) is 11.6 Å². The van der Waals surface area contributed by atoms with Gasteiger partial charge in [0, 0.05) is 12.1 Å². The van der Waals surface area contributed by atoms with Crippen molar-refractivity contribution in [1.29, 1.82) is 0 Å². The molecule has 0 aromatic heterocycles. The van der Waals surface area contributed by atoms with Crippen LogP contribution >= 0.6 is 11.6 Å². The Labute approximate surface area is 87.2 Å². The maximum Gasteiger partial charge on any atom is 0.271 e. The van der Waals surface area contributed by atoms with E-state index in [-0.39, 0.29) is 12.5 Å². The van der Waals surface area contributed by atoms with Crippen molar-refractivity contribution in [2.24, 2.45) is 0 Å². The number of benzene rings is 1. The summed E-state index contributed by atoms with van der Waals surface area (Å²) in [4.78, 5) is 11.0. The van der Waals surface area contributed by atoms with Gasteiger partial charge < -0.3 is 4.74 Å². The summed E-state index contributed by atoms with van der Waals surface area (Å²) in [7, 11) is 1.61. The molecule has 14 heavy (non-hydrogen) atoms. The van der Waals surface area contributed by atoms with E-state index in [2.05, 4.69) is 10.9 Å². The van der Waals surface area contributed by atoms with Gasteiger partial charge in [0.15, 0.2) is 6.61 Å². The number of hydrazine groups is 1. The van der Waals surface area contributed by atoms with Crippen LogP contribution < -0.4 is 15.6 Å². The molecule has 4 nitrogen and oxygen atoms in total. The van der Waals surface area contributed by atoms with Crippen LogP contribution in [0.1, 0.15) is 0 Å². The average molecular weight is 215 g/mol. The quantitative estimate of drug-likeness (QED) is 0.735. The molecule has 0 fully saturated rings. The molecule has 0 aliphatic rings. The van der Waals surface area contributed by atoms with Crippen molar-refractivity contribution in [1.82, 2.24) is 10.9 Å². The van der Waals surface area contributed by atoms with Crippen molar-refractivity contribution in [3.63, 3.8) is 0 Å². The number of carbonyl (C=O) groups is 1. The highest BCUT2D eigenvalue weighted by atomic mass is 35.5. The lowest BCUT2D eigenvalue weighted by atomic mass is 10.3. The number of rotatable bonds is 4. The molecule has 0 unspecified atom stereocenters. The molecule has 0 atom stereocenters. The van der Waals surface area contributed by atoms with Crippen LogP contribution in [0.5, 0.6) is 5.75 Å².